The summed E-state index contributed by atoms with van der Waals surface area (Å²) in [7, 11) is 0. The number of ether oxygens (including phenoxy) is 2. The van der Waals surface area contributed by atoms with E-state index in [1.807, 2.05) is 6.26 Å². The quantitative estimate of drug-likeness (QED) is 0.689. The summed E-state index contributed by atoms with van der Waals surface area (Å²) in [6.45, 7) is -0.239. The molecule has 0 bridgehead atoms. The fraction of sp³-hybridized carbons (Fsp3) is 0.619. The average Bonchev–Trinajstić information content (AvgIpc) is 2.69. The van der Waals surface area contributed by atoms with Crippen molar-refractivity contribution in [2.24, 2.45) is 0 Å². The molecule has 1 fully saturated rings. The number of thioether (sulfide) groups is 1. The Morgan fingerprint density at radius 2 is 2.14 bits per heavy atom. The number of rotatable bonds is 8. The van der Waals surface area contributed by atoms with Gasteiger partial charge in [0, 0.05) is 6.07 Å². The summed E-state index contributed by atoms with van der Waals surface area (Å²) < 4.78 is 11.9. The monoisotopic (exact) mass is 407 g/mol. The number of hydrogen-bond donors (Lipinski definition) is 2. The molecule has 1 aliphatic carbocycles. The zero-order chi connectivity index (χ0) is 20.0. The smallest absolute Gasteiger partial charge is 0.258 e. The van der Waals surface area contributed by atoms with Gasteiger partial charge >= 0.3 is 0 Å². The molecule has 1 aliphatic heterocycles. The Balaban J connectivity index is 1.60. The number of Topliss-reactive ketones (excluding diaryl/α,β-unsaturated/α-hetero) is 1. The van der Waals surface area contributed by atoms with Gasteiger partial charge in [0.05, 0.1) is 24.6 Å². The number of benzene rings is 1. The van der Waals surface area contributed by atoms with Crippen molar-refractivity contribution in [1.29, 1.82) is 0 Å². The van der Waals surface area contributed by atoms with Gasteiger partial charge in [-0.2, -0.15) is 11.8 Å². The zero-order valence-corrected chi connectivity index (χ0v) is 17.2. The molecule has 0 radical (unpaired) electrons. The van der Waals surface area contributed by atoms with E-state index in [0.717, 1.165) is 31.4 Å². The highest BCUT2D eigenvalue weighted by molar-refractivity contribution is 7.98. The second-order valence-electron chi connectivity index (χ2n) is 7.62. The Labute approximate surface area is 170 Å². The third-order valence-corrected chi connectivity index (χ3v) is 6.10. The van der Waals surface area contributed by atoms with Crippen LogP contribution in [0.5, 0.6) is 11.5 Å². The normalized spacial score (nSPS) is 18.9. The number of ketones is 1. The van der Waals surface area contributed by atoms with E-state index < -0.39 is 0 Å². The van der Waals surface area contributed by atoms with E-state index in [9.17, 15) is 14.7 Å². The van der Waals surface area contributed by atoms with Crippen molar-refractivity contribution in [2.45, 2.75) is 56.6 Å². The lowest BCUT2D eigenvalue weighted by Crippen LogP contribution is -2.43. The van der Waals surface area contributed by atoms with Crippen molar-refractivity contribution < 1.29 is 24.2 Å². The van der Waals surface area contributed by atoms with Crippen molar-refractivity contribution in [1.82, 2.24) is 5.32 Å². The summed E-state index contributed by atoms with van der Waals surface area (Å²) in [6.07, 6.45) is 8.31. The molecule has 7 heteroatoms. The standard InChI is InChI=1S/C21H29NO5S/c1-28-10-7-15(13-23)22-20(25)14-26-16-5-6-17-18(24)12-21(27-19(17)11-16)8-3-2-4-9-21/h5-6,11,15,23H,2-4,7-10,12-14H2,1H3,(H,22,25)/t15-/m0/s1. The van der Waals surface area contributed by atoms with E-state index in [-0.39, 0.29) is 36.5 Å². The summed E-state index contributed by atoms with van der Waals surface area (Å²) in [6, 6.07) is 4.87. The average molecular weight is 408 g/mol. The number of nitrogens with one attached hydrogen (secondary N) is 1. The van der Waals surface area contributed by atoms with E-state index in [0.29, 0.717) is 29.9 Å². The first-order valence-corrected chi connectivity index (χ1v) is 11.3. The predicted octanol–water partition coefficient (Wildman–Crippen LogP) is 2.96. The van der Waals surface area contributed by atoms with Crippen LogP contribution in [0.3, 0.4) is 0 Å². The van der Waals surface area contributed by atoms with Crippen molar-refractivity contribution in [3.8, 4) is 11.5 Å². The molecule has 0 unspecified atom stereocenters. The van der Waals surface area contributed by atoms with Gasteiger partial charge in [0.25, 0.3) is 5.91 Å². The molecular weight excluding hydrogens is 378 g/mol. The van der Waals surface area contributed by atoms with Crippen LogP contribution < -0.4 is 14.8 Å². The molecule has 0 aromatic heterocycles. The molecule has 28 heavy (non-hydrogen) atoms. The van der Waals surface area contributed by atoms with Crippen LogP contribution in [0.4, 0.5) is 0 Å². The summed E-state index contributed by atoms with van der Waals surface area (Å²) >= 11 is 1.67. The SMILES string of the molecule is CSCC[C@@H](CO)NC(=O)COc1ccc2c(c1)OC1(CCCCC1)CC2=O. The number of carbonyl (C=O) groups excluding carboxylic acids is 2. The van der Waals surface area contributed by atoms with Gasteiger partial charge in [0.1, 0.15) is 17.1 Å². The molecule has 3 rings (SSSR count). The van der Waals surface area contributed by atoms with Gasteiger partial charge in [-0.3, -0.25) is 9.59 Å². The molecule has 0 saturated heterocycles. The third kappa shape index (κ3) is 5.20. The first-order valence-electron chi connectivity index (χ1n) is 9.93. The lowest BCUT2D eigenvalue weighted by Gasteiger charge is -2.40. The number of carbonyl (C=O) groups is 2. The first-order chi connectivity index (χ1) is 13.5. The Bertz CT molecular complexity index is 702. The van der Waals surface area contributed by atoms with Gasteiger partial charge in [0.2, 0.25) is 0 Å². The van der Waals surface area contributed by atoms with Crippen LogP contribution in [0, 0.1) is 0 Å². The van der Waals surface area contributed by atoms with Crippen molar-refractivity contribution in [3.63, 3.8) is 0 Å². The maximum atomic E-state index is 12.6. The minimum Gasteiger partial charge on any atom is -0.486 e. The second kappa shape index (κ2) is 9.65. The fourth-order valence-electron chi connectivity index (χ4n) is 3.93. The molecule has 1 spiro atoms. The lowest BCUT2D eigenvalue weighted by atomic mass is 9.78. The number of hydrogen-bond acceptors (Lipinski definition) is 6. The predicted molar refractivity (Wildman–Crippen MR) is 109 cm³/mol. The Morgan fingerprint density at radius 1 is 1.36 bits per heavy atom. The van der Waals surface area contributed by atoms with E-state index in [1.54, 1.807) is 30.0 Å². The summed E-state index contributed by atoms with van der Waals surface area (Å²) in [4.78, 5) is 24.7. The molecule has 6 nitrogen and oxygen atoms in total. The topological polar surface area (TPSA) is 84.9 Å². The molecule has 1 saturated carbocycles. The van der Waals surface area contributed by atoms with Gasteiger partial charge in [-0.25, -0.2) is 0 Å². The van der Waals surface area contributed by atoms with Gasteiger partial charge < -0.3 is 19.9 Å². The Hall–Kier alpha value is -1.73. The number of aliphatic hydroxyl groups excluding tert-OH is 1. The molecular formula is C21H29NO5S. The fourth-order valence-corrected chi connectivity index (χ4v) is 4.45. The van der Waals surface area contributed by atoms with Crippen LogP contribution in [0.2, 0.25) is 0 Å². The lowest BCUT2D eigenvalue weighted by molar-refractivity contribution is -0.124. The molecule has 2 aliphatic rings. The van der Waals surface area contributed by atoms with Gasteiger partial charge in [-0.1, -0.05) is 6.42 Å². The van der Waals surface area contributed by atoms with Crippen LogP contribution in [0.15, 0.2) is 18.2 Å². The largest absolute Gasteiger partial charge is 0.486 e. The van der Waals surface area contributed by atoms with Gasteiger partial charge in [-0.15, -0.1) is 0 Å². The molecule has 1 heterocycles. The molecule has 1 atom stereocenters. The second-order valence-corrected chi connectivity index (χ2v) is 8.61. The Morgan fingerprint density at radius 3 is 2.86 bits per heavy atom. The number of aliphatic hydroxyl groups is 1. The van der Waals surface area contributed by atoms with E-state index in [1.165, 1.54) is 6.42 Å². The van der Waals surface area contributed by atoms with Crippen LogP contribution in [-0.4, -0.2) is 53.7 Å². The van der Waals surface area contributed by atoms with E-state index in [4.69, 9.17) is 9.47 Å². The minimum atomic E-state index is -0.371. The highest BCUT2D eigenvalue weighted by atomic mass is 32.2. The summed E-state index contributed by atoms with van der Waals surface area (Å²) in [5.41, 5.74) is 0.217. The highest BCUT2D eigenvalue weighted by Gasteiger charge is 2.41. The molecule has 154 valence electrons. The van der Waals surface area contributed by atoms with Gasteiger partial charge in [0.15, 0.2) is 12.4 Å². The Kier molecular flexibility index (Phi) is 7.24. The maximum absolute atomic E-state index is 12.6. The van der Waals surface area contributed by atoms with E-state index >= 15 is 0 Å². The molecule has 1 aromatic rings. The van der Waals surface area contributed by atoms with Crippen molar-refractivity contribution in [3.05, 3.63) is 23.8 Å². The van der Waals surface area contributed by atoms with Crippen LogP contribution in [0.1, 0.15) is 55.3 Å². The number of fused-ring (bicyclic) bond motifs is 1. The van der Waals surface area contributed by atoms with E-state index in [2.05, 4.69) is 5.32 Å². The van der Waals surface area contributed by atoms with Crippen LogP contribution in [0.25, 0.3) is 0 Å². The van der Waals surface area contributed by atoms with Gasteiger partial charge in [-0.05, 0) is 56.2 Å². The number of amides is 1. The maximum Gasteiger partial charge on any atom is 0.258 e. The summed E-state index contributed by atoms with van der Waals surface area (Å²) in [5, 5.41) is 12.1. The third-order valence-electron chi connectivity index (χ3n) is 5.45. The molecule has 1 amide bonds. The summed E-state index contributed by atoms with van der Waals surface area (Å²) in [5.74, 6) is 1.76. The van der Waals surface area contributed by atoms with Crippen LogP contribution >= 0.6 is 11.8 Å². The first kappa shape index (κ1) is 21.0. The highest BCUT2D eigenvalue weighted by Crippen LogP contribution is 2.42. The van der Waals surface area contributed by atoms with Crippen LogP contribution in [-0.2, 0) is 4.79 Å². The van der Waals surface area contributed by atoms with Crippen molar-refractivity contribution >= 4 is 23.5 Å². The zero-order valence-electron chi connectivity index (χ0n) is 16.4. The van der Waals surface area contributed by atoms with Crippen molar-refractivity contribution in [2.75, 3.05) is 25.2 Å². The molecule has 2 N–H and O–H groups in total. The minimum absolute atomic E-state index is 0.0941. The molecule has 1 aromatic carbocycles.